The number of hydrogen-bond acceptors (Lipinski definition) is 5. The predicted molar refractivity (Wildman–Crippen MR) is 102 cm³/mol. The third-order valence-electron chi connectivity index (χ3n) is 4.97. The van der Waals surface area contributed by atoms with Gasteiger partial charge in [-0.05, 0) is 57.0 Å². The second-order valence-electron chi connectivity index (χ2n) is 6.85. The number of nitrogens with one attached hydrogen (secondary N) is 1. The van der Waals surface area contributed by atoms with Gasteiger partial charge in [-0.2, -0.15) is 0 Å². The summed E-state index contributed by atoms with van der Waals surface area (Å²) in [5.41, 5.74) is 1.87. The molecule has 3 rings (SSSR count). The number of nitrogens with zero attached hydrogens (tertiary/aromatic N) is 3. The van der Waals surface area contributed by atoms with Crippen LogP contribution in [-0.4, -0.2) is 39.8 Å². The van der Waals surface area contributed by atoms with Crippen molar-refractivity contribution in [3.63, 3.8) is 0 Å². The molecule has 27 heavy (non-hydrogen) atoms. The van der Waals surface area contributed by atoms with Gasteiger partial charge in [0.25, 0.3) is 11.6 Å². The van der Waals surface area contributed by atoms with Gasteiger partial charge in [-0.3, -0.25) is 19.9 Å². The van der Waals surface area contributed by atoms with E-state index < -0.39 is 4.92 Å². The number of aryl methyl sites for hydroxylation is 1. The molecule has 0 spiro atoms. The summed E-state index contributed by atoms with van der Waals surface area (Å²) in [6.45, 7) is 4.00. The standard InChI is InChI=1S/C20H24N4O3/c1-15-7-8-18(24(26)27)13-19(15)20(25)23(14-16-5-2-3-11-22-16)17-6-4-10-21-12-9-17/h2-3,5,7-8,11,13,17,21H,4,6,9-10,12,14H2,1H3. The molecule has 2 heterocycles. The van der Waals surface area contributed by atoms with Crippen molar-refractivity contribution >= 4 is 11.6 Å². The molecule has 142 valence electrons. The maximum Gasteiger partial charge on any atom is 0.270 e. The van der Waals surface area contributed by atoms with E-state index in [4.69, 9.17) is 0 Å². The highest BCUT2D eigenvalue weighted by atomic mass is 16.6. The quantitative estimate of drug-likeness (QED) is 0.647. The molecule has 1 atom stereocenters. The Kier molecular flexibility index (Phi) is 6.13. The van der Waals surface area contributed by atoms with Gasteiger partial charge in [0.05, 0.1) is 17.2 Å². The number of nitro benzene ring substituents is 1. The van der Waals surface area contributed by atoms with Gasteiger partial charge in [0.1, 0.15) is 0 Å². The average Bonchev–Trinajstić information content (AvgIpc) is 2.96. The first kappa shape index (κ1) is 19.0. The number of carbonyl (C=O) groups excluding carboxylic acids is 1. The van der Waals surface area contributed by atoms with Crippen LogP contribution in [0.25, 0.3) is 0 Å². The Labute approximate surface area is 158 Å². The number of pyridine rings is 1. The maximum absolute atomic E-state index is 13.4. The summed E-state index contributed by atoms with van der Waals surface area (Å²) in [7, 11) is 0. The first-order chi connectivity index (χ1) is 13.1. The maximum atomic E-state index is 13.4. The summed E-state index contributed by atoms with van der Waals surface area (Å²) in [6, 6.07) is 10.2. The van der Waals surface area contributed by atoms with Crippen molar-refractivity contribution in [3.8, 4) is 0 Å². The van der Waals surface area contributed by atoms with E-state index >= 15 is 0 Å². The van der Waals surface area contributed by atoms with Crippen molar-refractivity contribution in [2.75, 3.05) is 13.1 Å². The molecule has 1 aliphatic rings. The minimum Gasteiger partial charge on any atom is -0.330 e. The van der Waals surface area contributed by atoms with E-state index in [1.54, 1.807) is 12.3 Å². The van der Waals surface area contributed by atoms with Gasteiger partial charge in [0.15, 0.2) is 0 Å². The van der Waals surface area contributed by atoms with E-state index in [1.807, 2.05) is 30.0 Å². The van der Waals surface area contributed by atoms with Gasteiger partial charge in [-0.15, -0.1) is 0 Å². The van der Waals surface area contributed by atoms with Crippen LogP contribution in [0.1, 0.15) is 40.9 Å². The Balaban J connectivity index is 1.94. The summed E-state index contributed by atoms with van der Waals surface area (Å²) in [5.74, 6) is -0.172. The van der Waals surface area contributed by atoms with Crippen molar-refractivity contribution in [1.82, 2.24) is 15.2 Å². The van der Waals surface area contributed by atoms with Crippen LogP contribution in [0.4, 0.5) is 5.69 Å². The van der Waals surface area contributed by atoms with Crippen LogP contribution in [0.5, 0.6) is 0 Å². The topological polar surface area (TPSA) is 88.4 Å². The minimum absolute atomic E-state index is 0.0655. The van der Waals surface area contributed by atoms with Crippen molar-refractivity contribution in [3.05, 3.63) is 69.5 Å². The van der Waals surface area contributed by atoms with Crippen molar-refractivity contribution in [2.24, 2.45) is 0 Å². The minimum atomic E-state index is -0.463. The largest absolute Gasteiger partial charge is 0.330 e. The first-order valence-corrected chi connectivity index (χ1v) is 9.23. The highest BCUT2D eigenvalue weighted by molar-refractivity contribution is 5.96. The molecule has 1 amide bonds. The van der Waals surface area contributed by atoms with E-state index in [0.717, 1.165) is 43.6 Å². The highest BCUT2D eigenvalue weighted by Gasteiger charge is 2.28. The molecule has 0 aliphatic carbocycles. The third-order valence-corrected chi connectivity index (χ3v) is 4.97. The molecule has 1 N–H and O–H groups in total. The summed E-state index contributed by atoms with van der Waals surface area (Å²) < 4.78 is 0. The Hall–Kier alpha value is -2.80. The van der Waals surface area contributed by atoms with Crippen LogP contribution in [-0.2, 0) is 6.54 Å². The molecule has 1 aromatic heterocycles. The molecule has 0 saturated carbocycles. The Bertz CT molecular complexity index is 802. The number of non-ortho nitro benzene ring substituents is 1. The van der Waals surface area contributed by atoms with E-state index in [-0.39, 0.29) is 17.6 Å². The monoisotopic (exact) mass is 368 g/mol. The lowest BCUT2D eigenvalue weighted by molar-refractivity contribution is -0.384. The van der Waals surface area contributed by atoms with Crippen LogP contribution >= 0.6 is 0 Å². The molecule has 0 radical (unpaired) electrons. The molecule has 2 aromatic rings. The molecular formula is C20H24N4O3. The van der Waals surface area contributed by atoms with Crippen LogP contribution in [0.2, 0.25) is 0 Å². The lowest BCUT2D eigenvalue weighted by Crippen LogP contribution is -2.40. The normalized spacial score (nSPS) is 17.1. The molecule has 7 nitrogen and oxygen atoms in total. The number of rotatable bonds is 5. The van der Waals surface area contributed by atoms with Gasteiger partial charge in [0.2, 0.25) is 0 Å². The van der Waals surface area contributed by atoms with Crippen LogP contribution in [0.3, 0.4) is 0 Å². The van der Waals surface area contributed by atoms with Crippen molar-refractivity contribution in [2.45, 2.75) is 38.8 Å². The number of amides is 1. The lowest BCUT2D eigenvalue weighted by Gasteiger charge is -2.31. The van der Waals surface area contributed by atoms with Crippen LogP contribution in [0, 0.1) is 17.0 Å². The van der Waals surface area contributed by atoms with Crippen molar-refractivity contribution in [1.29, 1.82) is 0 Å². The Morgan fingerprint density at radius 1 is 1.30 bits per heavy atom. The molecular weight excluding hydrogens is 344 g/mol. The third kappa shape index (κ3) is 4.68. The number of nitro groups is 1. The van der Waals surface area contributed by atoms with Gasteiger partial charge in [-0.25, -0.2) is 0 Å². The molecule has 0 bridgehead atoms. The number of benzene rings is 1. The number of carbonyl (C=O) groups is 1. The first-order valence-electron chi connectivity index (χ1n) is 9.23. The second-order valence-corrected chi connectivity index (χ2v) is 6.85. The molecule has 7 heteroatoms. The van der Waals surface area contributed by atoms with Crippen LogP contribution in [0.15, 0.2) is 42.6 Å². The van der Waals surface area contributed by atoms with Gasteiger partial charge >= 0.3 is 0 Å². The summed E-state index contributed by atoms with van der Waals surface area (Å²) >= 11 is 0. The summed E-state index contributed by atoms with van der Waals surface area (Å²) in [6.07, 6.45) is 4.46. The number of aromatic nitrogens is 1. The fraction of sp³-hybridized carbons (Fsp3) is 0.400. The fourth-order valence-corrected chi connectivity index (χ4v) is 3.45. The lowest BCUT2D eigenvalue weighted by atomic mass is 10.0. The molecule has 1 aromatic carbocycles. The van der Waals surface area contributed by atoms with Crippen molar-refractivity contribution < 1.29 is 9.72 Å². The van der Waals surface area contributed by atoms with E-state index in [1.165, 1.54) is 12.1 Å². The van der Waals surface area contributed by atoms with E-state index in [9.17, 15) is 14.9 Å². The van der Waals surface area contributed by atoms with E-state index in [2.05, 4.69) is 10.3 Å². The summed E-state index contributed by atoms with van der Waals surface area (Å²) in [5, 5.41) is 14.5. The zero-order valence-corrected chi connectivity index (χ0v) is 15.4. The van der Waals surface area contributed by atoms with Gasteiger partial charge < -0.3 is 10.2 Å². The Morgan fingerprint density at radius 2 is 2.15 bits per heavy atom. The summed E-state index contributed by atoms with van der Waals surface area (Å²) in [4.78, 5) is 30.3. The van der Waals surface area contributed by atoms with Crippen LogP contribution < -0.4 is 5.32 Å². The number of hydrogen-bond donors (Lipinski definition) is 1. The second kappa shape index (κ2) is 8.73. The van der Waals surface area contributed by atoms with Gasteiger partial charge in [-0.1, -0.05) is 12.1 Å². The molecule has 1 unspecified atom stereocenters. The fourth-order valence-electron chi connectivity index (χ4n) is 3.45. The highest BCUT2D eigenvalue weighted by Crippen LogP contribution is 2.23. The zero-order valence-electron chi connectivity index (χ0n) is 15.4. The van der Waals surface area contributed by atoms with E-state index in [0.29, 0.717) is 12.1 Å². The zero-order chi connectivity index (χ0) is 19.2. The Morgan fingerprint density at radius 3 is 2.89 bits per heavy atom. The average molecular weight is 368 g/mol. The smallest absolute Gasteiger partial charge is 0.270 e. The predicted octanol–water partition coefficient (Wildman–Crippen LogP) is 3.08. The molecule has 1 fully saturated rings. The SMILES string of the molecule is Cc1ccc([N+](=O)[O-])cc1C(=O)N(Cc1ccccn1)C1CCCNCC1. The molecule has 1 saturated heterocycles. The molecule has 1 aliphatic heterocycles. The van der Waals surface area contributed by atoms with Gasteiger partial charge in [0, 0.05) is 29.9 Å².